The maximum absolute atomic E-state index is 12.5. The van der Waals surface area contributed by atoms with E-state index in [9.17, 15) is 22.8 Å². The third-order valence-electron chi connectivity index (χ3n) is 8.90. The van der Waals surface area contributed by atoms with Crippen LogP contribution in [-0.2, 0) is 29.2 Å². The van der Waals surface area contributed by atoms with Crippen LogP contribution >= 0.6 is 0 Å². The zero-order valence-electron chi connectivity index (χ0n) is 30.6. The van der Waals surface area contributed by atoms with E-state index in [1.807, 2.05) is 0 Å². The number of unbranched alkanes of at least 4 members (excludes halogenated alkanes) is 17. The lowest BCUT2D eigenvalue weighted by atomic mass is 10.1. The Morgan fingerprint density at radius 2 is 1.13 bits per heavy atom. The molecule has 0 aliphatic heterocycles. The van der Waals surface area contributed by atoms with Crippen LogP contribution in [0, 0.1) is 0 Å². The van der Waals surface area contributed by atoms with Gasteiger partial charge in [0.15, 0.2) is 0 Å². The SMILES string of the molecule is CCCCCCCCCCCC(=O)NCCCCC(NC(=O)CCCCCCCCCC[N+](C)(C)CCCCS(=O)(=O)O)C(=O)OC. The van der Waals surface area contributed by atoms with Crippen molar-refractivity contribution in [3.05, 3.63) is 0 Å². The summed E-state index contributed by atoms with van der Waals surface area (Å²) in [4.78, 5) is 36.8. The quantitative estimate of drug-likeness (QED) is 0.0289. The van der Waals surface area contributed by atoms with Crippen LogP contribution in [0.3, 0.4) is 0 Å². The molecule has 0 saturated carbocycles. The van der Waals surface area contributed by atoms with E-state index in [0.29, 0.717) is 38.6 Å². The highest BCUT2D eigenvalue weighted by Crippen LogP contribution is 2.13. The van der Waals surface area contributed by atoms with Gasteiger partial charge in [0.25, 0.3) is 10.1 Å². The lowest BCUT2D eigenvalue weighted by molar-refractivity contribution is -0.890. The number of amides is 2. The number of nitrogens with one attached hydrogen (secondary N) is 2. The van der Waals surface area contributed by atoms with Crippen molar-refractivity contribution >= 4 is 27.9 Å². The lowest BCUT2D eigenvalue weighted by Gasteiger charge is -2.29. The molecule has 0 spiro atoms. The van der Waals surface area contributed by atoms with Crippen molar-refractivity contribution in [1.82, 2.24) is 10.6 Å². The minimum atomic E-state index is -3.86. The van der Waals surface area contributed by atoms with Crippen molar-refractivity contribution in [3.8, 4) is 0 Å². The zero-order chi connectivity index (χ0) is 35.2. The Hall–Kier alpha value is -1.72. The molecule has 0 rings (SSSR count). The number of rotatable bonds is 33. The number of esters is 1. The summed E-state index contributed by atoms with van der Waals surface area (Å²) in [5.41, 5.74) is 0. The molecule has 278 valence electrons. The highest BCUT2D eigenvalue weighted by atomic mass is 32.2. The zero-order valence-corrected chi connectivity index (χ0v) is 31.4. The van der Waals surface area contributed by atoms with Crippen LogP contribution in [-0.4, -0.2) is 87.9 Å². The summed E-state index contributed by atoms with van der Waals surface area (Å²) in [5, 5.41) is 5.82. The fourth-order valence-corrected chi connectivity index (χ4v) is 6.43. The van der Waals surface area contributed by atoms with Gasteiger partial charge in [0.1, 0.15) is 6.04 Å². The van der Waals surface area contributed by atoms with Gasteiger partial charge in [-0.05, 0) is 57.8 Å². The monoisotopic (exact) mass is 691 g/mol. The van der Waals surface area contributed by atoms with Gasteiger partial charge in [-0.2, -0.15) is 8.42 Å². The molecule has 0 aliphatic rings. The molecule has 2 amide bonds. The highest BCUT2D eigenvalue weighted by Gasteiger charge is 2.21. The minimum absolute atomic E-state index is 0.0928. The molecule has 10 nitrogen and oxygen atoms in total. The fourth-order valence-electron chi connectivity index (χ4n) is 5.87. The van der Waals surface area contributed by atoms with Crippen molar-refractivity contribution in [2.45, 2.75) is 167 Å². The van der Waals surface area contributed by atoms with Crippen molar-refractivity contribution in [1.29, 1.82) is 0 Å². The van der Waals surface area contributed by atoms with Crippen LogP contribution in [0.25, 0.3) is 0 Å². The first-order valence-corrected chi connectivity index (χ1v) is 20.4. The standard InChI is InChI=1S/C36H71N3O7S/c1-5-6-7-8-9-10-13-16-19-27-34(40)37-29-22-21-26-33(36(42)46-4)38-35(41)28-20-17-14-11-12-15-18-23-30-39(2,3)31-24-25-32-47(43,44)45/h33H,5-32H2,1-4H3,(H2-,37,38,40,41,43,44,45)/p+1. The van der Waals surface area contributed by atoms with Crippen LogP contribution in [0.4, 0.5) is 0 Å². The molecule has 0 aromatic rings. The number of carbonyl (C=O) groups is 3. The Labute approximate surface area is 288 Å². The summed E-state index contributed by atoms with van der Waals surface area (Å²) in [6.45, 7) is 4.78. The smallest absolute Gasteiger partial charge is 0.328 e. The Bertz CT molecular complexity index is 912. The number of carbonyl (C=O) groups excluding carboxylic acids is 3. The Morgan fingerprint density at radius 3 is 1.64 bits per heavy atom. The highest BCUT2D eigenvalue weighted by molar-refractivity contribution is 7.85. The molecule has 0 aliphatic carbocycles. The van der Waals surface area contributed by atoms with Crippen LogP contribution in [0.1, 0.15) is 161 Å². The van der Waals surface area contributed by atoms with E-state index in [2.05, 4.69) is 31.7 Å². The molecular weight excluding hydrogens is 618 g/mol. The first-order chi connectivity index (χ1) is 22.4. The first-order valence-electron chi connectivity index (χ1n) is 18.8. The molecular formula is C36H72N3O7S+. The van der Waals surface area contributed by atoms with Gasteiger partial charge in [-0.1, -0.05) is 90.4 Å². The molecule has 11 heteroatoms. The van der Waals surface area contributed by atoms with E-state index >= 15 is 0 Å². The first kappa shape index (κ1) is 45.3. The average Bonchev–Trinajstić information content (AvgIpc) is 3.01. The van der Waals surface area contributed by atoms with E-state index in [1.54, 1.807) is 0 Å². The van der Waals surface area contributed by atoms with Crippen molar-refractivity contribution in [2.24, 2.45) is 0 Å². The molecule has 1 unspecified atom stereocenters. The second-order valence-electron chi connectivity index (χ2n) is 14.0. The predicted octanol–water partition coefficient (Wildman–Crippen LogP) is 7.11. The number of hydrogen-bond acceptors (Lipinski definition) is 6. The van der Waals surface area contributed by atoms with Gasteiger partial charge in [0.05, 0.1) is 40.0 Å². The van der Waals surface area contributed by atoms with Crippen molar-refractivity contribution in [3.63, 3.8) is 0 Å². The summed E-state index contributed by atoms with van der Waals surface area (Å²) in [6, 6.07) is -0.648. The molecule has 0 bridgehead atoms. The van der Waals surface area contributed by atoms with Gasteiger partial charge in [0.2, 0.25) is 11.8 Å². The fraction of sp³-hybridized carbons (Fsp3) is 0.917. The lowest BCUT2D eigenvalue weighted by Crippen LogP contribution is -2.41. The topological polar surface area (TPSA) is 139 Å². The molecule has 47 heavy (non-hydrogen) atoms. The number of hydrogen-bond donors (Lipinski definition) is 3. The van der Waals surface area contributed by atoms with Gasteiger partial charge in [-0.25, -0.2) is 4.79 Å². The van der Waals surface area contributed by atoms with E-state index < -0.39 is 22.1 Å². The van der Waals surface area contributed by atoms with Crippen LogP contribution in [0.15, 0.2) is 0 Å². The second-order valence-corrected chi connectivity index (χ2v) is 15.6. The number of nitrogens with zero attached hydrogens (tertiary/aromatic N) is 1. The molecule has 0 fully saturated rings. The van der Waals surface area contributed by atoms with E-state index in [0.717, 1.165) is 75.4 Å². The average molecular weight is 691 g/mol. The van der Waals surface area contributed by atoms with Crippen LogP contribution in [0.5, 0.6) is 0 Å². The Kier molecular flexibility index (Phi) is 28.1. The van der Waals surface area contributed by atoms with Gasteiger partial charge >= 0.3 is 5.97 Å². The van der Waals surface area contributed by atoms with E-state index in [4.69, 9.17) is 9.29 Å². The molecule has 0 heterocycles. The van der Waals surface area contributed by atoms with Gasteiger partial charge in [-0.15, -0.1) is 0 Å². The van der Waals surface area contributed by atoms with Gasteiger partial charge < -0.3 is 19.9 Å². The molecule has 0 saturated heterocycles. The van der Waals surface area contributed by atoms with Crippen molar-refractivity contribution in [2.75, 3.05) is 46.6 Å². The summed E-state index contributed by atoms with van der Waals surface area (Å²) < 4.78 is 36.3. The molecule has 1 atom stereocenters. The van der Waals surface area contributed by atoms with Crippen LogP contribution < -0.4 is 10.6 Å². The van der Waals surface area contributed by atoms with Gasteiger partial charge in [-0.3, -0.25) is 14.1 Å². The normalized spacial score (nSPS) is 12.5. The predicted molar refractivity (Wildman–Crippen MR) is 192 cm³/mol. The molecule has 0 aromatic heterocycles. The number of quaternary nitrogens is 1. The Balaban J connectivity index is 3.85. The maximum Gasteiger partial charge on any atom is 0.328 e. The van der Waals surface area contributed by atoms with Crippen molar-refractivity contribution < 1.29 is 36.6 Å². The molecule has 0 aromatic carbocycles. The second kappa shape index (κ2) is 29.2. The minimum Gasteiger partial charge on any atom is -0.467 e. The molecule has 0 radical (unpaired) electrons. The Morgan fingerprint density at radius 1 is 0.660 bits per heavy atom. The number of ether oxygens (including phenoxy) is 1. The third-order valence-corrected chi connectivity index (χ3v) is 9.71. The largest absolute Gasteiger partial charge is 0.467 e. The summed E-state index contributed by atoms with van der Waals surface area (Å²) in [5.74, 6) is -0.607. The van der Waals surface area contributed by atoms with E-state index in [-0.39, 0.29) is 17.6 Å². The summed E-state index contributed by atoms with van der Waals surface area (Å²) in [6.07, 6.45) is 24.0. The number of methoxy groups -OCH3 is 1. The summed E-state index contributed by atoms with van der Waals surface area (Å²) >= 11 is 0. The maximum atomic E-state index is 12.5. The third kappa shape index (κ3) is 31.3. The molecule has 3 N–H and O–H groups in total. The summed E-state index contributed by atoms with van der Waals surface area (Å²) in [7, 11) is 1.81. The van der Waals surface area contributed by atoms with E-state index in [1.165, 1.54) is 71.3 Å². The van der Waals surface area contributed by atoms with Gasteiger partial charge in [0, 0.05) is 19.4 Å². The van der Waals surface area contributed by atoms with Crippen LogP contribution in [0.2, 0.25) is 0 Å².